The molecule has 0 saturated heterocycles. The number of fused-ring (bicyclic) bond motifs is 10. The number of hydrogen-bond donors (Lipinski definition) is 8. The highest BCUT2D eigenvalue weighted by molar-refractivity contribution is 5.58. The molecule has 66 heavy (non-hydrogen) atoms. The summed E-state index contributed by atoms with van der Waals surface area (Å²) < 4.78 is 0. The molecule has 1 aliphatic heterocycles. The van der Waals surface area contributed by atoms with Crippen LogP contribution in [0.15, 0.2) is 170 Å². The molecular weight excluding hydrogens is 809 g/mol. The molecule has 8 aromatic rings. The van der Waals surface area contributed by atoms with Gasteiger partial charge in [0, 0.05) is 95.9 Å². The van der Waals surface area contributed by atoms with Crippen LogP contribution in [0.3, 0.4) is 0 Å². The van der Waals surface area contributed by atoms with Crippen LogP contribution >= 0.6 is 0 Å². The molecule has 8 nitrogen and oxygen atoms in total. The van der Waals surface area contributed by atoms with Crippen molar-refractivity contribution in [3.63, 3.8) is 0 Å². The third kappa shape index (κ3) is 8.11. The molecule has 8 heteroatoms. The molecule has 0 spiro atoms. The molecule has 4 aromatic carbocycles. The van der Waals surface area contributed by atoms with Crippen LogP contribution in [0.5, 0.6) is 0 Å². The highest BCUT2D eigenvalue weighted by atomic mass is 15.1. The Hall–Kier alpha value is -6.16. The maximum atomic E-state index is 4.04. The largest absolute Gasteiger partial charge is 0.360 e. The first-order valence-electron chi connectivity index (χ1n) is 24.6. The van der Waals surface area contributed by atoms with E-state index in [1.165, 1.54) is 70.7 Å². The number of hydrogen-bond acceptors (Lipinski definition) is 4. The van der Waals surface area contributed by atoms with Crippen LogP contribution in [0.25, 0.3) is 0 Å². The van der Waals surface area contributed by atoms with Crippen LogP contribution in [-0.2, 0) is 37.0 Å². The number of rotatable bonds is 4. The van der Waals surface area contributed by atoms with E-state index in [4.69, 9.17) is 0 Å². The maximum Gasteiger partial charge on any atom is 0.100 e. The Morgan fingerprint density at radius 2 is 0.500 bits per heavy atom. The van der Waals surface area contributed by atoms with Crippen molar-refractivity contribution in [3.05, 3.63) is 238 Å². The second-order valence-corrected chi connectivity index (χ2v) is 19.1. The van der Waals surface area contributed by atoms with Crippen molar-refractivity contribution >= 4 is 0 Å². The van der Waals surface area contributed by atoms with Crippen molar-refractivity contribution in [2.75, 3.05) is 0 Å². The first-order chi connectivity index (χ1) is 32.7. The second-order valence-electron chi connectivity index (χ2n) is 19.1. The van der Waals surface area contributed by atoms with Gasteiger partial charge >= 0.3 is 0 Å². The van der Waals surface area contributed by atoms with E-state index < -0.39 is 10.8 Å². The topological polar surface area (TPSA) is 111 Å². The molecular formula is C58H64N8. The lowest BCUT2D eigenvalue weighted by atomic mass is 9.69. The summed E-state index contributed by atoms with van der Waals surface area (Å²) in [5.41, 5.74) is 13.2. The molecule has 0 unspecified atom stereocenters. The highest BCUT2D eigenvalue weighted by Gasteiger charge is 2.43. The smallest absolute Gasteiger partial charge is 0.100 e. The minimum absolute atomic E-state index is 0.354. The van der Waals surface area contributed by atoms with Gasteiger partial charge < -0.3 is 41.2 Å². The van der Waals surface area contributed by atoms with Gasteiger partial charge in [-0.25, -0.2) is 0 Å². The van der Waals surface area contributed by atoms with Crippen LogP contribution in [0.1, 0.15) is 119 Å². The molecule has 2 aliphatic carbocycles. The molecule has 2 fully saturated rings. The van der Waals surface area contributed by atoms with E-state index in [9.17, 15) is 0 Å². The van der Waals surface area contributed by atoms with Crippen molar-refractivity contribution in [1.82, 2.24) is 41.2 Å². The van der Waals surface area contributed by atoms with Gasteiger partial charge in [0.25, 0.3) is 0 Å². The van der Waals surface area contributed by atoms with Gasteiger partial charge in [0.2, 0.25) is 0 Å². The molecule has 4 atom stereocenters. The van der Waals surface area contributed by atoms with Gasteiger partial charge in [-0.2, -0.15) is 0 Å². The lowest BCUT2D eigenvalue weighted by Crippen LogP contribution is -2.49. The fourth-order valence-corrected chi connectivity index (χ4v) is 11.9. The lowest BCUT2D eigenvalue weighted by Gasteiger charge is -2.35. The van der Waals surface area contributed by atoms with Gasteiger partial charge in [-0.05, 0) is 96.5 Å². The van der Waals surface area contributed by atoms with Crippen LogP contribution in [0.4, 0.5) is 0 Å². The Morgan fingerprint density at radius 3 is 0.727 bits per heavy atom. The van der Waals surface area contributed by atoms with Crippen molar-refractivity contribution in [2.45, 2.75) is 113 Å². The summed E-state index contributed by atoms with van der Waals surface area (Å²) in [5, 5.41) is 16.1. The fourth-order valence-electron chi connectivity index (χ4n) is 11.9. The normalized spacial score (nSPS) is 22.4. The average molecular weight is 873 g/mol. The van der Waals surface area contributed by atoms with Gasteiger partial charge in [-0.15, -0.1) is 0 Å². The molecule has 8 N–H and O–H groups in total. The molecule has 336 valence electrons. The predicted molar refractivity (Wildman–Crippen MR) is 266 cm³/mol. The third-order valence-corrected chi connectivity index (χ3v) is 15.2. The third-order valence-electron chi connectivity index (χ3n) is 15.2. The Bertz CT molecular complexity index is 2380. The van der Waals surface area contributed by atoms with Gasteiger partial charge in [0.05, 0.1) is 0 Å². The molecule has 3 aliphatic rings. The van der Waals surface area contributed by atoms with Gasteiger partial charge in [0.1, 0.15) is 10.8 Å². The standard InChI is InChI=1S/C58H64N8/c1-5-17-41(18-6-1)57(42-19-7-2-8-20-42)53-33-29-45(63-53)37-59-49-25-13-15-27-51(49)61-39-47-31-35-55(65-47)58(43-21-9-3-10-22-43,44-23-11-4-12-24-44)56-36-32-48(66-56)40-62-52-28-16-14-26-50(52)60-38-46-30-34-54(57)64-46/h1-12,17-24,29-36,49-52,59-66H,13-16,25-28,37-40H2/t49-,50-,51-,52-/m1/s1. The number of nitrogens with one attached hydrogen (secondary N) is 8. The summed E-state index contributed by atoms with van der Waals surface area (Å²) in [4.78, 5) is 16.0. The first-order valence-corrected chi connectivity index (χ1v) is 24.6. The molecule has 0 amide bonds. The van der Waals surface area contributed by atoms with E-state index >= 15 is 0 Å². The molecule has 5 heterocycles. The van der Waals surface area contributed by atoms with E-state index in [-0.39, 0.29) is 0 Å². The van der Waals surface area contributed by atoms with Crippen molar-refractivity contribution in [1.29, 1.82) is 0 Å². The number of aromatic nitrogens is 4. The van der Waals surface area contributed by atoms with E-state index in [2.05, 4.69) is 211 Å². The van der Waals surface area contributed by atoms with Crippen LogP contribution in [0, 0.1) is 0 Å². The first kappa shape index (κ1) is 42.5. The zero-order valence-electron chi connectivity index (χ0n) is 38.0. The Morgan fingerprint density at radius 1 is 0.273 bits per heavy atom. The molecule has 8 bridgehead atoms. The summed E-state index contributed by atoms with van der Waals surface area (Å²) in [7, 11) is 0. The molecule has 11 rings (SSSR count). The number of aromatic amines is 4. The van der Waals surface area contributed by atoms with E-state index in [1.54, 1.807) is 0 Å². The Kier molecular flexibility index (Phi) is 12.2. The monoisotopic (exact) mass is 873 g/mol. The zero-order chi connectivity index (χ0) is 44.2. The average Bonchev–Trinajstić information content (AvgIpc) is 4.24. The van der Waals surface area contributed by atoms with E-state index in [0.29, 0.717) is 24.2 Å². The fraction of sp³-hybridized carbons (Fsp3) is 0.310. The maximum absolute atomic E-state index is 4.04. The summed E-state index contributed by atoms with van der Waals surface area (Å²) >= 11 is 0. The Labute approximate surface area is 389 Å². The van der Waals surface area contributed by atoms with E-state index in [0.717, 1.165) is 74.6 Å². The van der Waals surface area contributed by atoms with Crippen molar-refractivity contribution in [2.24, 2.45) is 0 Å². The Balaban J connectivity index is 0.980. The van der Waals surface area contributed by atoms with Gasteiger partial charge in [0.15, 0.2) is 0 Å². The molecule has 4 aromatic heterocycles. The molecule has 2 saturated carbocycles. The quantitative estimate of drug-likeness (QED) is 0.0901. The van der Waals surface area contributed by atoms with Gasteiger partial charge in [-0.1, -0.05) is 147 Å². The van der Waals surface area contributed by atoms with Crippen molar-refractivity contribution < 1.29 is 0 Å². The summed E-state index contributed by atoms with van der Waals surface area (Å²) in [6.45, 7) is 3.06. The van der Waals surface area contributed by atoms with Crippen molar-refractivity contribution in [3.8, 4) is 0 Å². The lowest BCUT2D eigenvalue weighted by molar-refractivity contribution is 0.279. The number of H-pyrrole nitrogens is 4. The summed E-state index contributed by atoms with van der Waals surface area (Å²) in [6.07, 6.45) is 9.53. The highest BCUT2D eigenvalue weighted by Crippen LogP contribution is 2.46. The summed E-state index contributed by atoms with van der Waals surface area (Å²) in [6, 6.07) is 64.0. The van der Waals surface area contributed by atoms with E-state index in [1.807, 2.05) is 0 Å². The summed E-state index contributed by atoms with van der Waals surface area (Å²) in [5.74, 6) is 0. The number of benzene rings is 4. The van der Waals surface area contributed by atoms with Crippen LogP contribution in [0.2, 0.25) is 0 Å². The van der Waals surface area contributed by atoms with Gasteiger partial charge in [-0.3, -0.25) is 0 Å². The zero-order valence-corrected chi connectivity index (χ0v) is 38.0. The van der Waals surface area contributed by atoms with Crippen LogP contribution < -0.4 is 21.3 Å². The SMILES string of the molecule is c1ccc(C2(c3ccccc3)c3ccc([nH]3)CN[C@@H]3CCCC[C@H]3NCc3ccc([nH]3)C(c3ccccc3)(c3ccccc3)c3ccc([nH]3)CN[C@@H]3CCCC[C@H]3NCc3ccc2[nH]3)cc1. The van der Waals surface area contributed by atoms with Crippen LogP contribution in [-0.4, -0.2) is 44.1 Å². The minimum atomic E-state index is -0.573. The predicted octanol–water partition coefficient (Wildman–Crippen LogP) is 10.5. The minimum Gasteiger partial charge on any atom is -0.360 e. The molecule has 0 radical (unpaired) electrons. The second kappa shape index (κ2) is 19.0.